The Balaban J connectivity index is 1.60. The van der Waals surface area contributed by atoms with E-state index in [1.54, 1.807) is 31.5 Å². The van der Waals surface area contributed by atoms with Crippen LogP contribution in [0.3, 0.4) is 0 Å². The second-order valence-corrected chi connectivity index (χ2v) is 13.9. The van der Waals surface area contributed by atoms with Crippen molar-refractivity contribution in [2.24, 2.45) is 0 Å². The van der Waals surface area contributed by atoms with Crippen molar-refractivity contribution in [3.05, 3.63) is 34.8 Å². The summed E-state index contributed by atoms with van der Waals surface area (Å²) in [6.07, 6.45) is -4.60. The number of hydrogen-bond acceptors (Lipinski definition) is 8. The molecule has 0 aliphatic carbocycles. The summed E-state index contributed by atoms with van der Waals surface area (Å²) in [5.41, 5.74) is 1.31. The maximum absolute atomic E-state index is 14.7. The summed E-state index contributed by atoms with van der Waals surface area (Å²) in [5.74, 6) is 5.96. The number of anilines is 2. The molecule has 1 aliphatic rings. The van der Waals surface area contributed by atoms with Crippen LogP contribution in [0.15, 0.2) is 24.4 Å². The van der Waals surface area contributed by atoms with E-state index in [0.29, 0.717) is 39.3 Å². The van der Waals surface area contributed by atoms with Crippen molar-refractivity contribution in [2.45, 2.75) is 31.2 Å². The summed E-state index contributed by atoms with van der Waals surface area (Å²) in [4.78, 5) is 10.5. The number of likely N-dealkylation sites (tertiary alicyclic amines) is 1. The molecule has 1 aliphatic heterocycles. The molecular formula is C26H30F4N5O2PS. The van der Waals surface area contributed by atoms with Gasteiger partial charge < -0.3 is 24.8 Å². The lowest BCUT2D eigenvalue weighted by molar-refractivity contribution is -0.126. The number of methoxy groups -OCH3 is 1. The van der Waals surface area contributed by atoms with Crippen LogP contribution in [0.5, 0.6) is 5.88 Å². The molecule has 2 aromatic heterocycles. The first-order valence-electron chi connectivity index (χ1n) is 12.3. The van der Waals surface area contributed by atoms with Gasteiger partial charge in [0.25, 0.3) is 0 Å². The number of piperidine rings is 1. The molecule has 39 heavy (non-hydrogen) atoms. The summed E-state index contributed by atoms with van der Waals surface area (Å²) in [6.45, 7) is 4.22. The van der Waals surface area contributed by atoms with E-state index in [9.17, 15) is 22.1 Å². The number of fused-ring (bicyclic) bond motifs is 1. The first-order valence-corrected chi connectivity index (χ1v) is 15.7. The van der Waals surface area contributed by atoms with Gasteiger partial charge in [-0.2, -0.15) is 18.2 Å². The lowest BCUT2D eigenvalue weighted by Crippen LogP contribution is -2.46. The normalized spacial score (nSPS) is 18.5. The molecule has 4 rings (SSSR count). The van der Waals surface area contributed by atoms with Gasteiger partial charge in [0.05, 0.1) is 47.6 Å². The van der Waals surface area contributed by atoms with E-state index in [2.05, 4.69) is 32.4 Å². The highest BCUT2D eigenvalue weighted by Crippen LogP contribution is 2.39. The van der Waals surface area contributed by atoms with E-state index in [0.717, 1.165) is 17.9 Å². The van der Waals surface area contributed by atoms with Crippen LogP contribution < -0.4 is 20.9 Å². The van der Waals surface area contributed by atoms with Crippen LogP contribution in [-0.2, 0) is 11.0 Å². The van der Waals surface area contributed by atoms with Gasteiger partial charge in [0.2, 0.25) is 5.88 Å². The second-order valence-electron chi connectivity index (χ2n) is 9.80. The minimum absolute atomic E-state index is 0.0823. The Morgan fingerprint density at radius 3 is 2.72 bits per heavy atom. The van der Waals surface area contributed by atoms with Crippen LogP contribution in [0.2, 0.25) is 0 Å². The largest absolute Gasteiger partial charge is 0.479 e. The number of halogens is 4. The van der Waals surface area contributed by atoms with Gasteiger partial charge in [0, 0.05) is 13.1 Å². The fourth-order valence-corrected chi connectivity index (χ4v) is 6.18. The van der Waals surface area contributed by atoms with E-state index in [4.69, 9.17) is 4.74 Å². The zero-order valence-corrected chi connectivity index (χ0v) is 23.7. The molecule has 1 fully saturated rings. The highest BCUT2D eigenvalue weighted by molar-refractivity contribution is 7.69. The Labute approximate surface area is 228 Å². The minimum Gasteiger partial charge on any atom is -0.479 e. The molecule has 0 spiro atoms. The number of aromatic nitrogens is 2. The molecule has 210 valence electrons. The maximum Gasteiger partial charge on any atom is 0.393 e. The topological polar surface area (TPSA) is 79.4 Å². The van der Waals surface area contributed by atoms with E-state index in [-0.39, 0.29) is 23.6 Å². The van der Waals surface area contributed by atoms with Crippen LogP contribution in [0.1, 0.15) is 16.9 Å². The summed E-state index contributed by atoms with van der Waals surface area (Å²) in [6, 6.07) is 4.67. The molecular weight excluding hydrogens is 553 g/mol. The van der Waals surface area contributed by atoms with Crippen molar-refractivity contribution in [3.63, 3.8) is 0 Å². The van der Waals surface area contributed by atoms with Crippen molar-refractivity contribution in [1.29, 1.82) is 0 Å². The van der Waals surface area contributed by atoms with Crippen molar-refractivity contribution < 1.29 is 26.9 Å². The van der Waals surface area contributed by atoms with Crippen LogP contribution in [-0.4, -0.2) is 80.4 Å². The number of rotatable bonds is 7. The third-order valence-electron chi connectivity index (χ3n) is 6.27. The summed E-state index contributed by atoms with van der Waals surface area (Å²) >= 11 is 1.16. The van der Waals surface area contributed by atoms with Gasteiger partial charge in [0.1, 0.15) is 19.0 Å². The highest BCUT2D eigenvalue weighted by Gasteiger charge is 2.32. The van der Waals surface area contributed by atoms with E-state index >= 15 is 0 Å². The predicted octanol–water partition coefficient (Wildman–Crippen LogP) is 4.97. The van der Waals surface area contributed by atoms with Crippen molar-refractivity contribution in [1.82, 2.24) is 14.9 Å². The fraction of sp³-hybridized carbons (Fsp3) is 0.462. The smallest absolute Gasteiger partial charge is 0.393 e. The monoisotopic (exact) mass is 583 g/mol. The number of ether oxygens (including phenoxy) is 1. The Bertz CT molecular complexity index is 1450. The lowest BCUT2D eigenvalue weighted by Gasteiger charge is -2.33. The number of nitrogens with zero attached hydrogens (tertiary/aromatic N) is 3. The molecule has 2 atom stereocenters. The number of benzene rings is 1. The molecule has 1 saturated heterocycles. The Morgan fingerprint density at radius 2 is 2.05 bits per heavy atom. The van der Waals surface area contributed by atoms with Crippen molar-refractivity contribution in [2.75, 3.05) is 57.8 Å². The van der Waals surface area contributed by atoms with Crippen LogP contribution in [0.4, 0.5) is 28.9 Å². The number of thiophene rings is 1. The highest BCUT2D eigenvalue weighted by atomic mass is 32.1. The van der Waals surface area contributed by atoms with E-state index < -0.39 is 32.0 Å². The molecule has 13 heteroatoms. The van der Waals surface area contributed by atoms with Gasteiger partial charge in [-0.15, -0.1) is 11.3 Å². The Kier molecular flexibility index (Phi) is 8.74. The average Bonchev–Trinajstić information content (AvgIpc) is 3.19. The van der Waals surface area contributed by atoms with Gasteiger partial charge in [-0.3, -0.25) is 0 Å². The fourth-order valence-electron chi connectivity index (χ4n) is 4.34. The molecule has 0 radical (unpaired) electrons. The van der Waals surface area contributed by atoms with Gasteiger partial charge in [-0.25, -0.2) is 9.37 Å². The van der Waals surface area contributed by atoms with E-state index in [1.165, 1.54) is 13.3 Å². The third kappa shape index (κ3) is 7.21. The SMILES string of the molecule is COc1nc(P(C)(C)=O)ncc1NCC#Cc1sc2c(N[C@@H]3CCN(C)C[C@@H]3F)cccc2c1CC(F)(F)F. The summed E-state index contributed by atoms with van der Waals surface area (Å²) in [7, 11) is 0.592. The van der Waals surface area contributed by atoms with Crippen LogP contribution in [0.25, 0.3) is 10.1 Å². The van der Waals surface area contributed by atoms with Gasteiger partial charge in [0.15, 0.2) is 5.57 Å². The van der Waals surface area contributed by atoms with Gasteiger partial charge >= 0.3 is 6.18 Å². The molecule has 3 aromatic rings. The maximum atomic E-state index is 14.7. The molecule has 0 bridgehead atoms. The standard InChI is InChI=1S/C26H30F4N5O2PS/c1-35-12-10-19(18(27)15-35)33-20-8-5-7-16-17(13-26(28,29)30)22(39-23(16)20)9-6-11-31-21-14-32-25(38(3,4)36)34-24(21)37-2/h5,7-8,14,18-19,31,33H,10-13,15H2,1-4H3/t18-,19+/m0/s1. The number of nitrogens with one attached hydrogen (secondary N) is 2. The first-order chi connectivity index (χ1) is 18.4. The van der Waals surface area contributed by atoms with Crippen molar-refractivity contribution in [3.8, 4) is 17.7 Å². The number of alkyl halides is 4. The molecule has 1 aromatic carbocycles. The first kappa shape index (κ1) is 29.1. The second kappa shape index (κ2) is 11.7. The molecule has 2 N–H and O–H groups in total. The van der Waals surface area contributed by atoms with Gasteiger partial charge in [-0.05, 0) is 43.8 Å². The molecule has 0 saturated carbocycles. The van der Waals surface area contributed by atoms with E-state index in [1.807, 2.05) is 11.9 Å². The minimum atomic E-state index is -4.42. The Morgan fingerprint density at radius 1 is 1.28 bits per heavy atom. The van der Waals surface area contributed by atoms with Crippen LogP contribution >= 0.6 is 18.5 Å². The lowest BCUT2D eigenvalue weighted by atomic mass is 10.0. The summed E-state index contributed by atoms with van der Waals surface area (Å²) in [5, 5.41) is 6.69. The zero-order valence-electron chi connectivity index (χ0n) is 22.0. The zero-order chi connectivity index (χ0) is 28.4. The van der Waals surface area contributed by atoms with Gasteiger partial charge in [-0.1, -0.05) is 24.0 Å². The molecule has 0 amide bonds. The molecule has 3 heterocycles. The summed E-state index contributed by atoms with van der Waals surface area (Å²) < 4.78 is 73.4. The molecule has 0 unspecified atom stereocenters. The number of hydrogen-bond donors (Lipinski definition) is 2. The average molecular weight is 584 g/mol. The van der Waals surface area contributed by atoms with Crippen molar-refractivity contribution >= 4 is 45.5 Å². The van der Waals surface area contributed by atoms with Crippen LogP contribution in [0, 0.1) is 11.8 Å². The third-order valence-corrected chi connectivity index (χ3v) is 8.64. The Hall–Kier alpha value is -2.87. The predicted molar refractivity (Wildman–Crippen MR) is 149 cm³/mol. The molecule has 7 nitrogen and oxygen atoms in total. The quantitative estimate of drug-likeness (QED) is 0.231.